The van der Waals surface area contributed by atoms with Crippen LogP contribution in [0, 0.1) is 5.92 Å². The van der Waals surface area contributed by atoms with E-state index in [4.69, 9.17) is 0 Å². The van der Waals surface area contributed by atoms with Crippen LogP contribution in [0.25, 0.3) is 0 Å². The number of hydrogen-bond donors (Lipinski definition) is 0. The summed E-state index contributed by atoms with van der Waals surface area (Å²) < 4.78 is 0. The third kappa shape index (κ3) is 3.20. The van der Waals surface area contributed by atoms with Gasteiger partial charge in [-0.3, -0.25) is 4.90 Å². The van der Waals surface area contributed by atoms with Crippen molar-refractivity contribution in [2.24, 2.45) is 5.92 Å². The molecule has 3 aliphatic heterocycles. The zero-order chi connectivity index (χ0) is 16.4. The van der Waals surface area contributed by atoms with Crippen molar-refractivity contribution >= 4 is 0 Å². The Morgan fingerprint density at radius 1 is 1.35 bits per heavy atom. The molecule has 0 unspecified atom stereocenters. The first-order valence-electron chi connectivity index (χ1n) is 8.51. The molecular weight excluding hydrogens is 282 g/mol. The standard InChI is InChI=1S/C20H27N3/c1-5-19(6-2)23-15-20-10-9-18(14-22(20)17(23)4)13-21-11-7-8-16(3)12-21/h5-6,9-10,14-16H,1,4,7-8,11-13H2,2-3H3/b19-6+/t16-/m0/s1. The van der Waals surface area contributed by atoms with Gasteiger partial charge in [-0.15, -0.1) is 0 Å². The van der Waals surface area contributed by atoms with E-state index in [9.17, 15) is 0 Å². The number of nitrogens with zero attached hydrogens (tertiary/aromatic N) is 3. The van der Waals surface area contributed by atoms with Gasteiger partial charge in [-0.1, -0.05) is 32.2 Å². The molecule has 3 aliphatic rings. The molecule has 0 saturated carbocycles. The van der Waals surface area contributed by atoms with E-state index >= 15 is 0 Å². The molecule has 3 heterocycles. The summed E-state index contributed by atoms with van der Waals surface area (Å²) in [6.45, 7) is 16.0. The Hall–Kier alpha value is -2.00. The molecule has 0 aromatic carbocycles. The Bertz CT molecular complexity index is 621. The number of piperidine rings is 1. The SMILES string of the molecule is C=C/C(=C\C)N1C=C2C=CC(CN3CCC[C@H](C)C3)=CN2C1=C. The second kappa shape index (κ2) is 6.63. The predicted molar refractivity (Wildman–Crippen MR) is 96.9 cm³/mol. The largest absolute Gasteiger partial charge is 0.302 e. The molecule has 0 N–H and O–H groups in total. The van der Waals surface area contributed by atoms with Crippen molar-refractivity contribution in [3.05, 3.63) is 72.7 Å². The molecule has 0 bridgehead atoms. The molecule has 3 nitrogen and oxygen atoms in total. The second-order valence-corrected chi connectivity index (χ2v) is 6.65. The molecule has 23 heavy (non-hydrogen) atoms. The highest BCUT2D eigenvalue weighted by molar-refractivity contribution is 5.43. The first kappa shape index (κ1) is 15.9. The van der Waals surface area contributed by atoms with Crippen LogP contribution in [0.1, 0.15) is 26.7 Å². The monoisotopic (exact) mass is 309 g/mol. The highest BCUT2D eigenvalue weighted by atomic mass is 15.4. The molecule has 0 radical (unpaired) electrons. The molecule has 0 aromatic heterocycles. The fourth-order valence-corrected chi connectivity index (χ4v) is 3.57. The molecule has 1 fully saturated rings. The number of hydrogen-bond acceptors (Lipinski definition) is 3. The third-order valence-corrected chi connectivity index (χ3v) is 4.79. The van der Waals surface area contributed by atoms with Gasteiger partial charge < -0.3 is 9.80 Å². The number of rotatable bonds is 4. The van der Waals surface area contributed by atoms with Crippen molar-refractivity contribution in [2.75, 3.05) is 19.6 Å². The fourth-order valence-electron chi connectivity index (χ4n) is 3.57. The average Bonchev–Trinajstić information content (AvgIpc) is 2.86. The van der Waals surface area contributed by atoms with Crippen molar-refractivity contribution in [3.63, 3.8) is 0 Å². The van der Waals surface area contributed by atoms with Crippen molar-refractivity contribution in [2.45, 2.75) is 26.7 Å². The van der Waals surface area contributed by atoms with Crippen LogP contribution in [0.2, 0.25) is 0 Å². The Kier molecular flexibility index (Phi) is 4.58. The lowest BCUT2D eigenvalue weighted by atomic mass is 9.99. The average molecular weight is 309 g/mol. The van der Waals surface area contributed by atoms with E-state index in [0.29, 0.717) is 0 Å². The first-order valence-corrected chi connectivity index (χ1v) is 8.51. The lowest BCUT2D eigenvalue weighted by Crippen LogP contribution is -2.36. The second-order valence-electron chi connectivity index (χ2n) is 6.65. The molecule has 122 valence electrons. The maximum atomic E-state index is 4.25. The fraction of sp³-hybridized carbons (Fsp3) is 0.400. The van der Waals surface area contributed by atoms with Crippen LogP contribution < -0.4 is 0 Å². The molecule has 1 saturated heterocycles. The van der Waals surface area contributed by atoms with Gasteiger partial charge in [-0.25, -0.2) is 0 Å². The van der Waals surface area contributed by atoms with Crippen LogP contribution in [0.15, 0.2) is 72.7 Å². The van der Waals surface area contributed by atoms with Crippen molar-refractivity contribution in [1.29, 1.82) is 0 Å². The van der Waals surface area contributed by atoms with Crippen LogP contribution in [0.3, 0.4) is 0 Å². The summed E-state index contributed by atoms with van der Waals surface area (Å²) in [6.07, 6.45) is 15.4. The Morgan fingerprint density at radius 2 is 2.17 bits per heavy atom. The minimum atomic E-state index is 0.814. The van der Waals surface area contributed by atoms with Gasteiger partial charge in [0.1, 0.15) is 5.82 Å². The maximum Gasteiger partial charge on any atom is 0.114 e. The lowest BCUT2D eigenvalue weighted by Gasteiger charge is -2.32. The summed E-state index contributed by atoms with van der Waals surface area (Å²) in [5.74, 6) is 1.77. The summed E-state index contributed by atoms with van der Waals surface area (Å²) >= 11 is 0. The molecule has 0 aliphatic carbocycles. The van der Waals surface area contributed by atoms with Gasteiger partial charge in [0.15, 0.2) is 0 Å². The first-order chi connectivity index (χ1) is 11.1. The Labute approximate surface area is 140 Å². The van der Waals surface area contributed by atoms with Gasteiger partial charge in [0.2, 0.25) is 0 Å². The van der Waals surface area contributed by atoms with Gasteiger partial charge in [0.05, 0.1) is 5.70 Å². The molecule has 3 rings (SSSR count). The van der Waals surface area contributed by atoms with Gasteiger partial charge in [-0.2, -0.15) is 0 Å². The minimum Gasteiger partial charge on any atom is -0.302 e. The summed E-state index contributed by atoms with van der Waals surface area (Å²) in [5, 5.41) is 0. The van der Waals surface area contributed by atoms with Crippen molar-refractivity contribution in [3.8, 4) is 0 Å². The quantitative estimate of drug-likeness (QED) is 0.721. The summed E-state index contributed by atoms with van der Waals surface area (Å²) in [4.78, 5) is 6.83. The van der Waals surface area contributed by atoms with E-state index in [1.54, 1.807) is 0 Å². The van der Waals surface area contributed by atoms with Gasteiger partial charge in [0, 0.05) is 31.2 Å². The summed E-state index contributed by atoms with van der Waals surface area (Å²) in [7, 11) is 0. The molecule has 0 aromatic rings. The minimum absolute atomic E-state index is 0.814. The van der Waals surface area contributed by atoms with E-state index in [2.05, 4.69) is 65.4 Å². The van der Waals surface area contributed by atoms with E-state index in [-0.39, 0.29) is 0 Å². The van der Waals surface area contributed by atoms with E-state index in [1.165, 1.54) is 31.5 Å². The smallest absolute Gasteiger partial charge is 0.114 e. The highest BCUT2D eigenvalue weighted by Gasteiger charge is 2.26. The lowest BCUT2D eigenvalue weighted by molar-refractivity contribution is 0.198. The Balaban J connectivity index is 1.72. The summed E-state index contributed by atoms with van der Waals surface area (Å²) in [6, 6.07) is 0. The van der Waals surface area contributed by atoms with Crippen LogP contribution in [0.5, 0.6) is 0 Å². The van der Waals surface area contributed by atoms with E-state index in [1.807, 2.05) is 13.0 Å². The van der Waals surface area contributed by atoms with Crippen molar-refractivity contribution in [1.82, 2.24) is 14.7 Å². The topological polar surface area (TPSA) is 9.72 Å². The van der Waals surface area contributed by atoms with Crippen LogP contribution >= 0.6 is 0 Å². The zero-order valence-corrected chi connectivity index (χ0v) is 14.3. The highest BCUT2D eigenvalue weighted by Crippen LogP contribution is 2.33. The van der Waals surface area contributed by atoms with E-state index in [0.717, 1.165) is 29.7 Å². The Morgan fingerprint density at radius 3 is 2.87 bits per heavy atom. The predicted octanol–water partition coefficient (Wildman–Crippen LogP) is 4.19. The van der Waals surface area contributed by atoms with Crippen LogP contribution in [0.4, 0.5) is 0 Å². The maximum absolute atomic E-state index is 4.25. The summed E-state index contributed by atoms with van der Waals surface area (Å²) in [5.41, 5.74) is 3.57. The van der Waals surface area contributed by atoms with Gasteiger partial charge in [0.25, 0.3) is 0 Å². The molecule has 0 spiro atoms. The van der Waals surface area contributed by atoms with Crippen molar-refractivity contribution < 1.29 is 0 Å². The van der Waals surface area contributed by atoms with Crippen LogP contribution in [-0.2, 0) is 0 Å². The third-order valence-electron chi connectivity index (χ3n) is 4.79. The number of likely N-dealkylation sites (tertiary alicyclic amines) is 1. The number of fused-ring (bicyclic) bond motifs is 1. The molecule has 0 amide bonds. The number of allylic oxidation sites excluding steroid dienone is 3. The molecular formula is C20H27N3. The van der Waals surface area contributed by atoms with Gasteiger partial charge in [-0.05, 0) is 50.0 Å². The molecule has 3 heteroatoms. The van der Waals surface area contributed by atoms with E-state index < -0.39 is 0 Å². The zero-order valence-electron chi connectivity index (χ0n) is 14.3. The van der Waals surface area contributed by atoms with Gasteiger partial charge >= 0.3 is 0 Å². The molecule has 1 atom stereocenters. The van der Waals surface area contributed by atoms with Crippen LogP contribution in [-0.4, -0.2) is 34.3 Å². The normalized spacial score (nSPS) is 25.4.